The number of pyridine rings is 2. The van der Waals surface area contributed by atoms with Crippen molar-refractivity contribution in [2.45, 2.75) is 0 Å². The highest BCUT2D eigenvalue weighted by atomic mass is 19.1. The number of nitrogens with one attached hydrogen (secondary N) is 1. The lowest BCUT2D eigenvalue weighted by Gasteiger charge is -2.10. The Morgan fingerprint density at radius 2 is 2.00 bits per heavy atom. The van der Waals surface area contributed by atoms with Gasteiger partial charge in [0.05, 0.1) is 16.8 Å². The van der Waals surface area contributed by atoms with Gasteiger partial charge in [0.2, 0.25) is 11.8 Å². The molecule has 0 aliphatic carbocycles. The molecule has 0 spiro atoms. The third kappa shape index (κ3) is 3.33. The molecule has 4 aromatic rings. The molecular weight excluding hydrogens is 375 g/mol. The molecule has 0 aliphatic rings. The predicted molar refractivity (Wildman–Crippen MR) is 108 cm³/mol. The molecule has 0 saturated heterocycles. The van der Waals surface area contributed by atoms with Crippen molar-refractivity contribution in [3.8, 4) is 22.8 Å². The fourth-order valence-corrected chi connectivity index (χ4v) is 2.92. The number of anilines is 2. The zero-order chi connectivity index (χ0) is 20.5. The van der Waals surface area contributed by atoms with Gasteiger partial charge in [0, 0.05) is 37.9 Å². The number of benzene rings is 1. The Morgan fingerprint density at radius 3 is 2.79 bits per heavy atom. The Hall–Kier alpha value is -4.01. The number of hydrogen-bond donors (Lipinski definition) is 2. The Kier molecular flexibility index (Phi) is 4.55. The average Bonchev–Trinajstić information content (AvgIpc) is 2.73. The lowest BCUT2D eigenvalue weighted by molar-refractivity contribution is 0.442. The van der Waals surface area contributed by atoms with Crippen LogP contribution in [0.5, 0.6) is 11.5 Å². The summed E-state index contributed by atoms with van der Waals surface area (Å²) in [6.45, 7) is 0. The molecular formula is C20H17FN6O2. The van der Waals surface area contributed by atoms with Crippen LogP contribution in [0.2, 0.25) is 0 Å². The van der Waals surface area contributed by atoms with Gasteiger partial charge in [-0.25, -0.2) is 15.0 Å². The molecule has 4 rings (SSSR count). The van der Waals surface area contributed by atoms with Crippen molar-refractivity contribution in [2.75, 3.05) is 18.1 Å². The molecule has 9 heteroatoms. The average molecular weight is 392 g/mol. The molecule has 146 valence electrons. The first kappa shape index (κ1) is 18.4. The number of nitrogens with zero attached hydrogens (tertiary/aromatic N) is 4. The third-order valence-electron chi connectivity index (χ3n) is 4.44. The molecule has 3 N–H and O–H groups in total. The smallest absolute Gasteiger partial charge is 0.264 e. The molecule has 0 saturated carbocycles. The van der Waals surface area contributed by atoms with E-state index in [4.69, 9.17) is 10.5 Å². The van der Waals surface area contributed by atoms with Crippen molar-refractivity contribution in [1.82, 2.24) is 19.5 Å². The lowest BCUT2D eigenvalue weighted by Crippen LogP contribution is -2.22. The number of fused-ring (bicyclic) bond motifs is 1. The lowest BCUT2D eigenvalue weighted by atomic mass is 10.1. The first-order chi connectivity index (χ1) is 14.0. The molecule has 3 heterocycles. The van der Waals surface area contributed by atoms with Gasteiger partial charge in [-0.1, -0.05) is 6.07 Å². The van der Waals surface area contributed by atoms with Crippen molar-refractivity contribution in [1.29, 1.82) is 0 Å². The third-order valence-corrected chi connectivity index (χ3v) is 4.44. The van der Waals surface area contributed by atoms with E-state index >= 15 is 0 Å². The number of halogens is 1. The van der Waals surface area contributed by atoms with Gasteiger partial charge >= 0.3 is 0 Å². The summed E-state index contributed by atoms with van der Waals surface area (Å²) in [5.74, 6) is -0.0676. The van der Waals surface area contributed by atoms with Gasteiger partial charge in [-0.3, -0.25) is 9.36 Å². The molecule has 0 amide bonds. The van der Waals surface area contributed by atoms with E-state index in [1.165, 1.54) is 23.0 Å². The topological polar surface area (TPSA) is 108 Å². The quantitative estimate of drug-likeness (QED) is 0.550. The molecule has 0 unspecified atom stereocenters. The van der Waals surface area contributed by atoms with E-state index in [1.54, 1.807) is 38.4 Å². The van der Waals surface area contributed by atoms with E-state index in [2.05, 4.69) is 20.3 Å². The molecule has 0 bridgehead atoms. The molecule has 0 aliphatic heterocycles. The molecule has 1 aromatic carbocycles. The molecule has 3 aromatic heterocycles. The second-order valence-electron chi connectivity index (χ2n) is 6.27. The van der Waals surface area contributed by atoms with E-state index in [9.17, 15) is 9.18 Å². The van der Waals surface area contributed by atoms with Crippen molar-refractivity contribution < 1.29 is 9.13 Å². The second-order valence-corrected chi connectivity index (χ2v) is 6.27. The number of nitrogens with two attached hydrogens (primary N) is 1. The molecule has 0 radical (unpaired) electrons. The van der Waals surface area contributed by atoms with Crippen LogP contribution in [0.1, 0.15) is 0 Å². The van der Waals surface area contributed by atoms with Crippen LogP contribution in [-0.2, 0) is 7.05 Å². The molecule has 8 nitrogen and oxygen atoms in total. The van der Waals surface area contributed by atoms with Crippen LogP contribution in [0.3, 0.4) is 0 Å². The van der Waals surface area contributed by atoms with Gasteiger partial charge in [0.1, 0.15) is 5.75 Å². The van der Waals surface area contributed by atoms with E-state index in [1.807, 2.05) is 6.07 Å². The molecule has 0 fully saturated rings. The minimum Gasteiger partial charge on any atom is -0.454 e. The van der Waals surface area contributed by atoms with Crippen LogP contribution in [0, 0.1) is 5.82 Å². The summed E-state index contributed by atoms with van der Waals surface area (Å²) in [6.07, 6.45) is 2.87. The first-order valence-corrected chi connectivity index (χ1v) is 8.70. The summed E-state index contributed by atoms with van der Waals surface area (Å²) in [6, 6.07) is 10.1. The van der Waals surface area contributed by atoms with Crippen molar-refractivity contribution in [2.24, 2.45) is 7.05 Å². The van der Waals surface area contributed by atoms with E-state index < -0.39 is 5.82 Å². The number of hydrogen-bond acceptors (Lipinski definition) is 7. The summed E-state index contributed by atoms with van der Waals surface area (Å²) >= 11 is 0. The zero-order valence-corrected chi connectivity index (χ0v) is 15.7. The number of ether oxygens (including phenoxy) is 1. The fourth-order valence-electron chi connectivity index (χ4n) is 2.92. The van der Waals surface area contributed by atoms with E-state index in [0.717, 1.165) is 5.39 Å². The maximum atomic E-state index is 14.0. The van der Waals surface area contributed by atoms with Crippen LogP contribution in [-0.4, -0.2) is 26.6 Å². The van der Waals surface area contributed by atoms with Crippen molar-refractivity contribution >= 4 is 22.7 Å². The highest BCUT2D eigenvalue weighted by Gasteiger charge is 2.12. The minimum absolute atomic E-state index is 0.0133. The van der Waals surface area contributed by atoms with Gasteiger partial charge in [-0.05, 0) is 24.3 Å². The van der Waals surface area contributed by atoms with Crippen molar-refractivity contribution in [3.63, 3.8) is 0 Å². The predicted octanol–water partition coefficient (Wildman–Crippen LogP) is 2.95. The summed E-state index contributed by atoms with van der Waals surface area (Å²) < 4.78 is 21.0. The van der Waals surface area contributed by atoms with Crippen LogP contribution in [0.25, 0.3) is 22.2 Å². The Labute approximate surface area is 164 Å². The Balaban J connectivity index is 1.70. The summed E-state index contributed by atoms with van der Waals surface area (Å²) in [7, 11) is 3.34. The summed E-state index contributed by atoms with van der Waals surface area (Å²) in [5, 5.41) is 3.63. The highest BCUT2D eigenvalue weighted by molar-refractivity contribution is 5.82. The molecule has 29 heavy (non-hydrogen) atoms. The zero-order valence-electron chi connectivity index (χ0n) is 15.7. The number of nitrogen functional groups attached to an aromatic ring is 1. The standard InChI is InChI=1S/C20H17FN6O2/c1-23-20-25-10-13(19(28)27(20)2)15-5-3-11-9-12(4-6-14(11)26-15)29-16-7-8-24-18(22)17(16)21/h3-10H,1-2H3,(H2,22,24)(H,23,25). The SMILES string of the molecule is CNc1ncc(-c2ccc3cc(Oc4ccnc(N)c4F)ccc3n2)c(=O)n1C. The first-order valence-electron chi connectivity index (χ1n) is 8.70. The minimum atomic E-state index is -0.713. The van der Waals surface area contributed by atoms with E-state index in [-0.39, 0.29) is 17.1 Å². The Bertz CT molecular complexity index is 1290. The Morgan fingerprint density at radius 1 is 1.17 bits per heavy atom. The van der Waals surface area contributed by atoms with Gasteiger partial charge in [0.25, 0.3) is 5.56 Å². The molecule has 0 atom stereocenters. The van der Waals surface area contributed by atoms with Crippen LogP contribution in [0.4, 0.5) is 16.2 Å². The van der Waals surface area contributed by atoms with Gasteiger partial charge < -0.3 is 15.8 Å². The van der Waals surface area contributed by atoms with Gasteiger partial charge in [0.15, 0.2) is 11.6 Å². The monoisotopic (exact) mass is 392 g/mol. The van der Waals surface area contributed by atoms with Crippen molar-refractivity contribution in [3.05, 3.63) is 65.0 Å². The summed E-state index contributed by atoms with van der Waals surface area (Å²) in [4.78, 5) is 25.0. The maximum absolute atomic E-state index is 14.0. The second kappa shape index (κ2) is 7.19. The van der Waals surface area contributed by atoms with Gasteiger partial charge in [-0.15, -0.1) is 0 Å². The largest absolute Gasteiger partial charge is 0.454 e. The van der Waals surface area contributed by atoms with Gasteiger partial charge in [-0.2, -0.15) is 4.39 Å². The maximum Gasteiger partial charge on any atom is 0.264 e. The van der Waals surface area contributed by atoms with Crippen LogP contribution < -0.4 is 21.3 Å². The number of rotatable bonds is 4. The highest BCUT2D eigenvalue weighted by Crippen LogP contribution is 2.29. The fraction of sp³-hybridized carbons (Fsp3) is 0.100. The van der Waals surface area contributed by atoms with Crippen LogP contribution >= 0.6 is 0 Å². The number of aromatic nitrogens is 4. The summed E-state index contributed by atoms with van der Waals surface area (Å²) in [5.41, 5.74) is 6.82. The van der Waals surface area contributed by atoms with E-state index in [0.29, 0.717) is 28.5 Å². The van der Waals surface area contributed by atoms with Crippen LogP contribution in [0.15, 0.2) is 53.6 Å². The normalized spacial score (nSPS) is 10.9.